The van der Waals surface area contributed by atoms with Crippen LogP contribution in [-0.4, -0.2) is 35.4 Å². The van der Waals surface area contributed by atoms with Crippen molar-refractivity contribution in [3.63, 3.8) is 0 Å². The Bertz CT molecular complexity index is 942. The van der Waals surface area contributed by atoms with Gasteiger partial charge in [-0.25, -0.2) is 0 Å². The molecule has 2 aromatic rings. The van der Waals surface area contributed by atoms with Crippen molar-refractivity contribution in [2.45, 2.75) is 46.1 Å². The number of aliphatic hydroxyl groups excluding tert-OH is 1. The molecule has 3 rings (SSSR count). The van der Waals surface area contributed by atoms with Crippen molar-refractivity contribution in [1.29, 1.82) is 0 Å². The third kappa shape index (κ3) is 3.79. The van der Waals surface area contributed by atoms with E-state index in [1.54, 1.807) is 25.3 Å². The van der Waals surface area contributed by atoms with E-state index < -0.39 is 17.7 Å². The number of amides is 1. The molecule has 1 atom stereocenters. The number of likely N-dealkylation sites (tertiary alicyclic amines) is 1. The molecule has 1 aliphatic heterocycles. The molecule has 6 nitrogen and oxygen atoms in total. The number of methoxy groups -OCH3 is 1. The van der Waals surface area contributed by atoms with Crippen LogP contribution in [0.5, 0.6) is 5.75 Å². The van der Waals surface area contributed by atoms with E-state index in [2.05, 4.69) is 6.92 Å². The van der Waals surface area contributed by atoms with Gasteiger partial charge in [0.25, 0.3) is 11.7 Å². The maximum absolute atomic E-state index is 12.9. The number of ketones is 1. The number of furan rings is 1. The lowest BCUT2D eigenvalue weighted by Gasteiger charge is -2.23. The Labute approximate surface area is 170 Å². The van der Waals surface area contributed by atoms with E-state index in [-0.39, 0.29) is 11.3 Å². The number of hydrogen-bond acceptors (Lipinski definition) is 5. The van der Waals surface area contributed by atoms with E-state index in [4.69, 9.17) is 9.15 Å². The summed E-state index contributed by atoms with van der Waals surface area (Å²) in [4.78, 5) is 27.2. The zero-order valence-corrected chi connectivity index (χ0v) is 17.3. The number of rotatable bonds is 7. The molecule has 2 heterocycles. The summed E-state index contributed by atoms with van der Waals surface area (Å²) in [5.74, 6) is -0.321. The minimum atomic E-state index is -0.733. The highest BCUT2D eigenvalue weighted by atomic mass is 16.5. The number of unbranched alkanes of at least 4 members (excludes halogenated alkanes) is 2. The fourth-order valence-electron chi connectivity index (χ4n) is 3.80. The lowest BCUT2D eigenvalue weighted by atomic mass is 9.95. The third-order valence-electron chi connectivity index (χ3n) is 5.35. The van der Waals surface area contributed by atoms with Gasteiger partial charge in [-0.3, -0.25) is 9.59 Å². The van der Waals surface area contributed by atoms with Crippen LogP contribution >= 0.6 is 0 Å². The maximum Gasteiger partial charge on any atom is 0.295 e. The van der Waals surface area contributed by atoms with Gasteiger partial charge in [-0.1, -0.05) is 19.8 Å². The van der Waals surface area contributed by atoms with Gasteiger partial charge in [0.05, 0.1) is 18.9 Å². The van der Waals surface area contributed by atoms with Gasteiger partial charge in [0.1, 0.15) is 23.3 Å². The standard InChI is InChI=1S/C23H27NO5/c1-5-6-7-10-24-20(17-9-8-11-29-17)19(22(26)23(24)27)21(25)16-12-15(3)18(28-4)13-14(16)2/h8-9,11-13,20,25H,5-7,10H2,1-4H3/b21-19-. The number of benzene rings is 1. The summed E-state index contributed by atoms with van der Waals surface area (Å²) >= 11 is 0. The number of nitrogens with zero attached hydrogens (tertiary/aromatic N) is 1. The normalized spacial score (nSPS) is 18.5. The molecule has 1 aromatic carbocycles. The first kappa shape index (κ1) is 20.7. The molecular weight excluding hydrogens is 370 g/mol. The Hall–Kier alpha value is -3.02. The molecule has 1 unspecified atom stereocenters. The average Bonchev–Trinajstić information content (AvgIpc) is 3.31. The predicted octanol–water partition coefficient (Wildman–Crippen LogP) is 4.52. The van der Waals surface area contributed by atoms with E-state index in [0.717, 1.165) is 30.4 Å². The number of carbonyl (C=O) groups is 2. The molecule has 0 aliphatic carbocycles. The van der Waals surface area contributed by atoms with Crippen LogP contribution in [0, 0.1) is 13.8 Å². The first-order valence-corrected chi connectivity index (χ1v) is 9.88. The zero-order valence-electron chi connectivity index (χ0n) is 17.3. The smallest absolute Gasteiger partial charge is 0.295 e. The lowest BCUT2D eigenvalue weighted by Crippen LogP contribution is -2.30. The van der Waals surface area contributed by atoms with E-state index >= 15 is 0 Å². The molecule has 6 heteroatoms. The number of ether oxygens (including phenoxy) is 1. The van der Waals surface area contributed by atoms with Crippen molar-refractivity contribution in [2.24, 2.45) is 0 Å². The average molecular weight is 397 g/mol. The summed E-state index contributed by atoms with van der Waals surface area (Å²) in [5.41, 5.74) is 2.15. The van der Waals surface area contributed by atoms with Gasteiger partial charge in [-0.15, -0.1) is 0 Å². The van der Waals surface area contributed by atoms with Crippen molar-refractivity contribution in [3.05, 3.63) is 58.6 Å². The van der Waals surface area contributed by atoms with Crippen molar-refractivity contribution in [2.75, 3.05) is 13.7 Å². The van der Waals surface area contributed by atoms with E-state index in [1.807, 2.05) is 19.9 Å². The highest BCUT2D eigenvalue weighted by molar-refractivity contribution is 6.46. The van der Waals surface area contributed by atoms with Gasteiger partial charge >= 0.3 is 0 Å². The molecule has 29 heavy (non-hydrogen) atoms. The van der Waals surface area contributed by atoms with Crippen LogP contribution in [0.15, 0.2) is 40.5 Å². The monoisotopic (exact) mass is 397 g/mol. The molecule has 1 N–H and O–H groups in total. The van der Waals surface area contributed by atoms with E-state index in [0.29, 0.717) is 23.6 Å². The van der Waals surface area contributed by atoms with Crippen LogP contribution in [0.1, 0.15) is 54.7 Å². The van der Waals surface area contributed by atoms with Crippen LogP contribution in [0.2, 0.25) is 0 Å². The topological polar surface area (TPSA) is 80.0 Å². The quantitative estimate of drug-likeness (QED) is 0.322. The summed E-state index contributed by atoms with van der Waals surface area (Å²) in [6, 6.07) is 6.28. The molecule has 1 aromatic heterocycles. The second-order valence-corrected chi connectivity index (χ2v) is 7.35. The Kier molecular flexibility index (Phi) is 6.11. The molecule has 1 aliphatic rings. The summed E-state index contributed by atoms with van der Waals surface area (Å²) in [7, 11) is 1.58. The Morgan fingerprint density at radius 2 is 1.97 bits per heavy atom. The highest BCUT2D eigenvalue weighted by Gasteiger charge is 2.47. The molecule has 0 saturated carbocycles. The Balaban J connectivity index is 2.13. The highest BCUT2D eigenvalue weighted by Crippen LogP contribution is 2.40. The van der Waals surface area contributed by atoms with Crippen molar-refractivity contribution < 1.29 is 23.8 Å². The minimum Gasteiger partial charge on any atom is -0.507 e. The van der Waals surface area contributed by atoms with Crippen LogP contribution in [-0.2, 0) is 9.59 Å². The molecule has 1 amide bonds. The van der Waals surface area contributed by atoms with E-state index in [9.17, 15) is 14.7 Å². The summed E-state index contributed by atoms with van der Waals surface area (Å²) in [5, 5.41) is 11.1. The van der Waals surface area contributed by atoms with Crippen LogP contribution in [0.25, 0.3) is 5.76 Å². The molecule has 0 radical (unpaired) electrons. The van der Waals surface area contributed by atoms with Crippen LogP contribution in [0.3, 0.4) is 0 Å². The summed E-state index contributed by atoms with van der Waals surface area (Å²) < 4.78 is 10.9. The Morgan fingerprint density at radius 1 is 1.21 bits per heavy atom. The fraction of sp³-hybridized carbons (Fsp3) is 0.391. The SMILES string of the molecule is CCCCCN1C(=O)C(=O)/C(=C(\O)c2cc(C)c(OC)cc2C)C1c1ccco1. The maximum atomic E-state index is 12.9. The Morgan fingerprint density at radius 3 is 2.59 bits per heavy atom. The second-order valence-electron chi connectivity index (χ2n) is 7.35. The first-order chi connectivity index (χ1) is 13.9. The molecular formula is C23H27NO5. The van der Waals surface area contributed by atoms with Gasteiger partial charge in [-0.2, -0.15) is 0 Å². The fourth-order valence-corrected chi connectivity index (χ4v) is 3.80. The minimum absolute atomic E-state index is 0.0640. The number of hydrogen-bond donors (Lipinski definition) is 1. The van der Waals surface area contributed by atoms with Gasteiger partial charge in [0.2, 0.25) is 0 Å². The number of aliphatic hydroxyl groups is 1. The number of aryl methyl sites for hydroxylation is 2. The number of Topliss-reactive ketones (excluding diaryl/α,β-unsaturated/α-hetero) is 1. The van der Waals surface area contributed by atoms with Crippen molar-refractivity contribution in [1.82, 2.24) is 4.90 Å². The summed E-state index contributed by atoms with van der Waals surface area (Å²) in [6.45, 7) is 6.20. The third-order valence-corrected chi connectivity index (χ3v) is 5.35. The second kappa shape index (κ2) is 8.55. The van der Waals surface area contributed by atoms with E-state index in [1.165, 1.54) is 11.2 Å². The molecule has 0 bridgehead atoms. The van der Waals surface area contributed by atoms with Gasteiger partial charge in [0, 0.05) is 12.1 Å². The van der Waals surface area contributed by atoms with Gasteiger partial charge < -0.3 is 19.2 Å². The lowest BCUT2D eigenvalue weighted by molar-refractivity contribution is -0.140. The van der Waals surface area contributed by atoms with Gasteiger partial charge in [-0.05, 0) is 55.7 Å². The predicted molar refractivity (Wildman–Crippen MR) is 110 cm³/mol. The zero-order chi connectivity index (χ0) is 21.1. The van der Waals surface area contributed by atoms with Crippen LogP contribution in [0.4, 0.5) is 0 Å². The van der Waals surface area contributed by atoms with Gasteiger partial charge in [0.15, 0.2) is 0 Å². The molecule has 1 saturated heterocycles. The van der Waals surface area contributed by atoms with Crippen molar-refractivity contribution >= 4 is 17.4 Å². The molecule has 0 spiro atoms. The number of carbonyl (C=O) groups excluding carboxylic acids is 2. The van der Waals surface area contributed by atoms with Crippen LogP contribution < -0.4 is 4.74 Å². The summed E-state index contributed by atoms with van der Waals surface area (Å²) in [6.07, 6.45) is 4.23. The largest absolute Gasteiger partial charge is 0.507 e. The van der Waals surface area contributed by atoms with Crippen molar-refractivity contribution in [3.8, 4) is 5.75 Å². The molecule has 1 fully saturated rings. The first-order valence-electron chi connectivity index (χ1n) is 9.88. The molecule has 154 valence electrons.